The average Bonchev–Trinajstić information content (AvgIpc) is 2.28. The molecule has 0 radical (unpaired) electrons. The molecule has 0 aliphatic heterocycles. The van der Waals surface area contributed by atoms with Crippen LogP contribution in [0.15, 0.2) is 18.2 Å². The number of ether oxygens (including phenoxy) is 1. The number of methoxy groups -OCH3 is 1. The van der Waals surface area contributed by atoms with Crippen LogP contribution in [-0.2, 0) is 9.53 Å². The molecule has 0 aromatic heterocycles. The van der Waals surface area contributed by atoms with E-state index in [4.69, 9.17) is 0 Å². The SMILES string of the molecule is COC(=O)CC#Cc1cc(F)ccc1[N+](=O)[O-]. The lowest BCUT2D eigenvalue weighted by Gasteiger charge is -1.95. The van der Waals surface area contributed by atoms with Gasteiger partial charge in [-0.2, -0.15) is 0 Å². The lowest BCUT2D eigenvalue weighted by molar-refractivity contribution is -0.385. The highest BCUT2D eigenvalue weighted by molar-refractivity contribution is 5.72. The molecule has 0 atom stereocenters. The second-order valence-electron chi connectivity index (χ2n) is 2.97. The molecule has 1 rings (SSSR count). The molecule has 0 bridgehead atoms. The van der Waals surface area contributed by atoms with E-state index >= 15 is 0 Å². The van der Waals surface area contributed by atoms with Gasteiger partial charge >= 0.3 is 5.97 Å². The van der Waals surface area contributed by atoms with Crippen LogP contribution in [0, 0.1) is 27.8 Å². The minimum atomic E-state index is -0.665. The van der Waals surface area contributed by atoms with Gasteiger partial charge in [-0.05, 0) is 12.1 Å². The smallest absolute Gasteiger partial charge is 0.317 e. The number of carbonyl (C=O) groups excluding carboxylic acids is 1. The Balaban J connectivity index is 3.00. The van der Waals surface area contributed by atoms with E-state index in [2.05, 4.69) is 16.6 Å². The Labute approximate surface area is 96.3 Å². The summed E-state index contributed by atoms with van der Waals surface area (Å²) in [6, 6.07) is 2.95. The zero-order chi connectivity index (χ0) is 12.8. The van der Waals surface area contributed by atoms with Gasteiger partial charge in [0.25, 0.3) is 5.69 Å². The molecule has 5 nitrogen and oxygen atoms in total. The summed E-state index contributed by atoms with van der Waals surface area (Å²) in [5.74, 6) is 3.56. The first-order valence-corrected chi connectivity index (χ1v) is 4.54. The Kier molecular flexibility index (Phi) is 4.17. The van der Waals surface area contributed by atoms with E-state index in [9.17, 15) is 19.3 Å². The van der Waals surface area contributed by atoms with Crippen molar-refractivity contribution in [2.24, 2.45) is 0 Å². The van der Waals surface area contributed by atoms with Crippen molar-refractivity contribution in [3.8, 4) is 11.8 Å². The van der Waals surface area contributed by atoms with E-state index in [0.717, 1.165) is 18.2 Å². The van der Waals surface area contributed by atoms with Crippen LogP contribution < -0.4 is 0 Å². The van der Waals surface area contributed by atoms with E-state index in [-0.39, 0.29) is 17.7 Å². The van der Waals surface area contributed by atoms with Crippen LogP contribution in [0.4, 0.5) is 10.1 Å². The second kappa shape index (κ2) is 5.61. The fraction of sp³-hybridized carbons (Fsp3) is 0.182. The van der Waals surface area contributed by atoms with Crippen molar-refractivity contribution in [2.75, 3.05) is 7.11 Å². The molecule has 0 unspecified atom stereocenters. The summed E-state index contributed by atoms with van der Waals surface area (Å²) in [5.41, 5.74) is -0.373. The van der Waals surface area contributed by atoms with Crippen LogP contribution in [0.1, 0.15) is 12.0 Å². The standard InChI is InChI=1S/C11H8FNO4/c1-17-11(14)4-2-3-8-7-9(12)5-6-10(8)13(15)16/h5-7H,4H2,1H3. The maximum Gasteiger partial charge on any atom is 0.317 e. The number of benzene rings is 1. The zero-order valence-corrected chi connectivity index (χ0v) is 8.90. The summed E-state index contributed by atoms with van der Waals surface area (Å²) >= 11 is 0. The first-order chi connectivity index (χ1) is 8.04. The van der Waals surface area contributed by atoms with E-state index < -0.39 is 16.7 Å². The van der Waals surface area contributed by atoms with Gasteiger partial charge in [0.05, 0.1) is 12.0 Å². The molecule has 0 heterocycles. The predicted octanol–water partition coefficient (Wildman–Crippen LogP) is 1.65. The third kappa shape index (κ3) is 3.57. The monoisotopic (exact) mass is 237 g/mol. The van der Waals surface area contributed by atoms with Crippen LogP contribution in [0.25, 0.3) is 0 Å². The molecular weight excluding hydrogens is 229 g/mol. The molecule has 6 heteroatoms. The molecular formula is C11H8FNO4. The summed E-state index contributed by atoms with van der Waals surface area (Å²) in [5, 5.41) is 10.6. The molecule has 0 aliphatic carbocycles. The Morgan fingerprint density at radius 1 is 1.59 bits per heavy atom. The van der Waals surface area contributed by atoms with Crippen LogP contribution in [0.5, 0.6) is 0 Å². The van der Waals surface area contributed by atoms with Gasteiger partial charge in [0, 0.05) is 6.07 Å². The highest BCUT2D eigenvalue weighted by Crippen LogP contribution is 2.18. The van der Waals surface area contributed by atoms with Crippen LogP contribution in [-0.4, -0.2) is 18.0 Å². The number of hydrogen-bond donors (Lipinski definition) is 0. The second-order valence-corrected chi connectivity index (χ2v) is 2.97. The van der Waals surface area contributed by atoms with Gasteiger partial charge in [0.15, 0.2) is 0 Å². The lowest BCUT2D eigenvalue weighted by Crippen LogP contribution is -1.97. The van der Waals surface area contributed by atoms with E-state index in [0.29, 0.717) is 0 Å². The minimum Gasteiger partial charge on any atom is -0.468 e. The highest BCUT2D eigenvalue weighted by atomic mass is 19.1. The molecule has 0 saturated heterocycles. The van der Waals surface area contributed by atoms with Crippen molar-refractivity contribution in [2.45, 2.75) is 6.42 Å². The van der Waals surface area contributed by atoms with Gasteiger partial charge in [-0.15, -0.1) is 0 Å². The normalized spacial score (nSPS) is 9.06. The number of halogens is 1. The summed E-state index contributed by atoms with van der Waals surface area (Å²) in [7, 11) is 1.20. The summed E-state index contributed by atoms with van der Waals surface area (Å²) in [6.45, 7) is 0. The maximum atomic E-state index is 12.9. The van der Waals surface area contributed by atoms with Gasteiger partial charge in [-0.1, -0.05) is 11.8 Å². The molecule has 88 valence electrons. The van der Waals surface area contributed by atoms with Crippen molar-refractivity contribution >= 4 is 11.7 Å². The third-order valence-electron chi connectivity index (χ3n) is 1.84. The number of nitro benzene ring substituents is 1. The van der Waals surface area contributed by atoms with Crippen LogP contribution in [0.3, 0.4) is 0 Å². The predicted molar refractivity (Wildman–Crippen MR) is 56.6 cm³/mol. The Morgan fingerprint density at radius 2 is 2.29 bits per heavy atom. The molecule has 17 heavy (non-hydrogen) atoms. The first-order valence-electron chi connectivity index (χ1n) is 4.54. The summed E-state index contributed by atoms with van der Waals surface area (Å²) in [6.07, 6.45) is -0.204. The van der Waals surface area contributed by atoms with Crippen LogP contribution >= 0.6 is 0 Å². The number of esters is 1. The molecule has 0 aliphatic rings. The average molecular weight is 237 g/mol. The van der Waals surface area contributed by atoms with Gasteiger partial charge in [0.1, 0.15) is 17.8 Å². The van der Waals surface area contributed by atoms with Crippen molar-refractivity contribution in [1.82, 2.24) is 0 Å². The highest BCUT2D eigenvalue weighted by Gasteiger charge is 2.12. The summed E-state index contributed by atoms with van der Waals surface area (Å²) < 4.78 is 17.2. The number of nitro groups is 1. The Morgan fingerprint density at radius 3 is 2.88 bits per heavy atom. The molecule has 0 fully saturated rings. The molecule has 0 N–H and O–H groups in total. The first kappa shape index (κ1) is 12.6. The van der Waals surface area contributed by atoms with Crippen molar-refractivity contribution in [3.05, 3.63) is 39.7 Å². The zero-order valence-electron chi connectivity index (χ0n) is 8.90. The number of carbonyl (C=O) groups is 1. The Bertz CT molecular complexity index is 516. The largest absolute Gasteiger partial charge is 0.468 e. The minimum absolute atomic E-state index is 0.0705. The van der Waals surface area contributed by atoms with Crippen molar-refractivity contribution in [3.63, 3.8) is 0 Å². The fourth-order valence-electron chi connectivity index (χ4n) is 1.05. The number of hydrogen-bond acceptors (Lipinski definition) is 4. The summed E-state index contributed by atoms with van der Waals surface area (Å²) in [4.78, 5) is 20.7. The number of rotatable bonds is 2. The van der Waals surface area contributed by atoms with Gasteiger partial charge < -0.3 is 4.74 Å². The number of nitrogens with zero attached hydrogens (tertiary/aromatic N) is 1. The van der Waals surface area contributed by atoms with Gasteiger partial charge in [-0.25, -0.2) is 4.39 Å². The molecule has 0 amide bonds. The molecule has 1 aromatic rings. The molecule has 0 saturated carbocycles. The fourth-order valence-corrected chi connectivity index (χ4v) is 1.05. The maximum absolute atomic E-state index is 12.9. The quantitative estimate of drug-likeness (QED) is 0.339. The van der Waals surface area contributed by atoms with Gasteiger partial charge in [0.2, 0.25) is 0 Å². The van der Waals surface area contributed by atoms with Gasteiger partial charge in [-0.3, -0.25) is 14.9 Å². The van der Waals surface area contributed by atoms with E-state index in [1.807, 2.05) is 0 Å². The topological polar surface area (TPSA) is 69.4 Å². The van der Waals surface area contributed by atoms with E-state index in [1.165, 1.54) is 7.11 Å². The van der Waals surface area contributed by atoms with Crippen LogP contribution in [0.2, 0.25) is 0 Å². The molecule has 0 spiro atoms. The Hall–Kier alpha value is -2.42. The molecule has 1 aromatic carbocycles. The third-order valence-corrected chi connectivity index (χ3v) is 1.84. The lowest BCUT2D eigenvalue weighted by atomic mass is 10.2. The van der Waals surface area contributed by atoms with Crippen molar-refractivity contribution < 1.29 is 18.8 Å². The van der Waals surface area contributed by atoms with Crippen molar-refractivity contribution in [1.29, 1.82) is 0 Å². The van der Waals surface area contributed by atoms with E-state index in [1.54, 1.807) is 0 Å².